The van der Waals surface area contributed by atoms with Gasteiger partial charge in [-0.05, 0) is 31.2 Å². The van der Waals surface area contributed by atoms with Crippen LogP contribution in [-0.4, -0.2) is 50.8 Å². The van der Waals surface area contributed by atoms with E-state index in [2.05, 4.69) is 20.6 Å². The molecule has 176 valence electrons. The molecule has 13 nitrogen and oxygen atoms in total. The van der Waals surface area contributed by atoms with Crippen molar-refractivity contribution in [1.82, 2.24) is 24.5 Å². The third-order valence-corrected chi connectivity index (χ3v) is 6.32. The van der Waals surface area contributed by atoms with E-state index < -0.39 is 33.6 Å². The van der Waals surface area contributed by atoms with Gasteiger partial charge in [0.05, 0.1) is 30.3 Å². The minimum Gasteiger partial charge on any atom is -0.394 e. The lowest BCUT2D eigenvalue weighted by atomic mass is 10.1. The molecule has 0 saturated carbocycles. The second kappa shape index (κ2) is 8.90. The Morgan fingerprint density at radius 2 is 2.00 bits per heavy atom. The van der Waals surface area contributed by atoms with Gasteiger partial charge in [-0.15, -0.1) is 5.10 Å². The van der Waals surface area contributed by atoms with E-state index in [0.717, 1.165) is 0 Å². The van der Waals surface area contributed by atoms with Gasteiger partial charge in [-0.25, -0.2) is 23.0 Å². The normalized spacial score (nSPS) is 20.8. The first-order valence-corrected chi connectivity index (χ1v) is 11.6. The van der Waals surface area contributed by atoms with Crippen molar-refractivity contribution in [2.75, 3.05) is 11.9 Å². The summed E-state index contributed by atoms with van der Waals surface area (Å²) >= 11 is 0. The van der Waals surface area contributed by atoms with Crippen molar-refractivity contribution >= 4 is 15.7 Å². The summed E-state index contributed by atoms with van der Waals surface area (Å²) in [7, 11) is -3.76. The summed E-state index contributed by atoms with van der Waals surface area (Å²) in [6.45, 7) is 1.61. The predicted molar refractivity (Wildman–Crippen MR) is 116 cm³/mol. The summed E-state index contributed by atoms with van der Waals surface area (Å²) in [4.78, 5) is 26.1. The van der Waals surface area contributed by atoms with Crippen molar-refractivity contribution in [2.24, 2.45) is 5.14 Å². The number of aromatic nitrogens is 5. The van der Waals surface area contributed by atoms with Crippen LogP contribution in [0.2, 0.25) is 0 Å². The monoisotopic (exact) mass is 477 g/mol. The van der Waals surface area contributed by atoms with Crippen LogP contribution in [0.5, 0.6) is 0 Å². The summed E-state index contributed by atoms with van der Waals surface area (Å²) in [5, 5.41) is 26.2. The number of nitrogens with two attached hydrogens (primary N) is 1. The van der Waals surface area contributed by atoms with Gasteiger partial charge in [-0.1, -0.05) is 5.21 Å². The Labute approximate surface area is 187 Å². The molecule has 1 aliphatic heterocycles. The van der Waals surface area contributed by atoms with Crippen LogP contribution in [-0.2, 0) is 21.3 Å². The number of aliphatic hydroxyl groups is 1. The minimum absolute atomic E-state index is 0.0154. The maximum atomic E-state index is 12.2. The number of anilines is 1. The number of hydrogen-bond donors (Lipinski definition) is 4. The highest BCUT2D eigenvalue weighted by molar-refractivity contribution is 7.89. The van der Waals surface area contributed by atoms with Gasteiger partial charge >= 0.3 is 5.69 Å². The minimum atomic E-state index is -3.76. The average molecular weight is 478 g/mol. The molecule has 0 amide bonds. The van der Waals surface area contributed by atoms with Crippen LogP contribution in [0, 0.1) is 6.92 Å². The van der Waals surface area contributed by atoms with E-state index in [1.54, 1.807) is 29.9 Å². The zero-order valence-electron chi connectivity index (χ0n) is 17.6. The van der Waals surface area contributed by atoms with Crippen LogP contribution in [0.1, 0.15) is 29.9 Å². The first-order chi connectivity index (χ1) is 15.7. The predicted octanol–water partition coefficient (Wildman–Crippen LogP) is -0.783. The van der Waals surface area contributed by atoms with E-state index in [9.17, 15) is 23.1 Å². The molecule has 0 aliphatic carbocycles. The van der Waals surface area contributed by atoms with E-state index in [1.807, 2.05) is 0 Å². The van der Waals surface area contributed by atoms with Gasteiger partial charge in [0, 0.05) is 23.9 Å². The molecule has 1 aliphatic rings. The van der Waals surface area contributed by atoms with Crippen molar-refractivity contribution in [3.05, 3.63) is 68.8 Å². The molecule has 14 heteroatoms. The van der Waals surface area contributed by atoms with Crippen molar-refractivity contribution in [3.63, 3.8) is 0 Å². The molecular weight excluding hydrogens is 454 g/mol. The highest BCUT2D eigenvalue weighted by atomic mass is 32.2. The van der Waals surface area contributed by atoms with E-state index in [-0.39, 0.29) is 17.5 Å². The Morgan fingerprint density at radius 1 is 1.27 bits per heavy atom. The molecule has 3 heterocycles. The van der Waals surface area contributed by atoms with Gasteiger partial charge < -0.3 is 15.2 Å². The number of rotatable bonds is 7. The number of nitrogens with zero attached hydrogens (tertiary/aromatic N) is 4. The zero-order chi connectivity index (χ0) is 23.8. The molecule has 3 aromatic rings. The third kappa shape index (κ3) is 4.88. The molecule has 0 unspecified atom stereocenters. The number of aryl methyl sites for hydroxylation is 1. The van der Waals surface area contributed by atoms with Crippen LogP contribution in [0.3, 0.4) is 0 Å². The van der Waals surface area contributed by atoms with Crippen molar-refractivity contribution in [3.8, 4) is 0 Å². The summed E-state index contributed by atoms with van der Waals surface area (Å²) in [5.74, 6) is 0. The van der Waals surface area contributed by atoms with Crippen molar-refractivity contribution in [2.45, 2.75) is 43.2 Å². The highest BCUT2D eigenvalue weighted by Gasteiger charge is 2.38. The maximum absolute atomic E-state index is 12.2. The van der Waals surface area contributed by atoms with Gasteiger partial charge in [0.2, 0.25) is 10.0 Å². The topological polar surface area (TPSA) is 187 Å². The van der Waals surface area contributed by atoms with Gasteiger partial charge in [0.1, 0.15) is 18.0 Å². The summed E-state index contributed by atoms with van der Waals surface area (Å²) in [6.07, 6.45) is 2.16. The lowest BCUT2D eigenvalue weighted by Crippen LogP contribution is -2.33. The number of ether oxygens (including phenoxy) is 1. The van der Waals surface area contributed by atoms with Crippen LogP contribution in [0.15, 0.2) is 51.1 Å². The van der Waals surface area contributed by atoms with Crippen LogP contribution < -0.4 is 21.7 Å². The number of aromatic amines is 1. The Balaban J connectivity index is 1.45. The summed E-state index contributed by atoms with van der Waals surface area (Å²) in [5.41, 5.74) is 0.584. The quantitative estimate of drug-likeness (QED) is 0.338. The second-order valence-electron chi connectivity index (χ2n) is 7.71. The maximum Gasteiger partial charge on any atom is 0.330 e. The van der Waals surface area contributed by atoms with Crippen LogP contribution in [0.4, 0.5) is 5.69 Å². The summed E-state index contributed by atoms with van der Waals surface area (Å²) in [6, 6.07) is 5.60. The molecule has 2 aromatic heterocycles. The van der Waals surface area contributed by atoms with Gasteiger partial charge in [-0.3, -0.25) is 14.3 Å². The van der Waals surface area contributed by atoms with Crippen LogP contribution >= 0.6 is 0 Å². The third-order valence-electron chi connectivity index (χ3n) is 5.39. The fourth-order valence-electron chi connectivity index (χ4n) is 3.64. The summed E-state index contributed by atoms with van der Waals surface area (Å²) < 4.78 is 31.4. The molecule has 4 rings (SSSR count). The number of hydrogen-bond acceptors (Lipinski definition) is 9. The lowest BCUT2D eigenvalue weighted by Gasteiger charge is -2.15. The first-order valence-electron chi connectivity index (χ1n) is 10.0. The molecule has 0 bridgehead atoms. The lowest BCUT2D eigenvalue weighted by molar-refractivity contribution is -0.0323. The number of aliphatic hydroxyl groups excluding tert-OH is 1. The average Bonchev–Trinajstić information content (AvgIpc) is 3.41. The van der Waals surface area contributed by atoms with Gasteiger partial charge in [-0.2, -0.15) is 0 Å². The smallest absolute Gasteiger partial charge is 0.330 e. The molecule has 1 saturated heterocycles. The fourth-order valence-corrected chi connectivity index (χ4v) is 4.16. The van der Waals surface area contributed by atoms with Crippen LogP contribution in [0.25, 0.3) is 0 Å². The SMILES string of the molecule is Cc1cn([C@H]2C[C@H](n3cc(CNc4ccc(S(N)(=O)=O)cc4)nn3)[C@@H](CO)O2)c(=O)[nH]c1=O. The molecular formula is C19H23N7O6S. The molecule has 3 atom stereocenters. The first kappa shape index (κ1) is 22.8. The molecule has 5 N–H and O–H groups in total. The number of nitrogens with one attached hydrogen (secondary N) is 2. The Kier molecular flexibility index (Phi) is 6.16. The zero-order valence-corrected chi connectivity index (χ0v) is 18.4. The van der Waals surface area contributed by atoms with E-state index in [0.29, 0.717) is 29.9 Å². The fraction of sp³-hybridized carbons (Fsp3) is 0.368. The second-order valence-corrected chi connectivity index (χ2v) is 9.27. The van der Waals surface area contributed by atoms with Crippen molar-refractivity contribution in [1.29, 1.82) is 0 Å². The Morgan fingerprint density at radius 3 is 2.67 bits per heavy atom. The van der Waals surface area contributed by atoms with E-state index in [1.165, 1.54) is 22.9 Å². The van der Waals surface area contributed by atoms with Crippen molar-refractivity contribution < 1.29 is 18.3 Å². The van der Waals surface area contributed by atoms with Gasteiger partial charge in [0.15, 0.2) is 0 Å². The molecule has 1 aromatic carbocycles. The molecule has 0 spiro atoms. The molecule has 1 fully saturated rings. The largest absolute Gasteiger partial charge is 0.394 e. The molecule has 33 heavy (non-hydrogen) atoms. The van der Waals surface area contributed by atoms with E-state index in [4.69, 9.17) is 9.88 Å². The number of benzene rings is 1. The number of primary sulfonamides is 1. The standard InChI is InChI=1S/C19H23N7O6S/c1-11-8-25(19(29)22-18(11)28)17-6-15(16(10-27)32-17)26-9-13(23-24-26)7-21-12-2-4-14(5-3-12)33(20,30)31/h2-5,8-9,15-17,21,27H,6-7,10H2,1H3,(H2,20,30,31)(H,22,28,29)/t15-,16+,17+/m0/s1. The Hall–Kier alpha value is -3.33. The number of sulfonamides is 1. The van der Waals surface area contributed by atoms with Gasteiger partial charge in [0.25, 0.3) is 5.56 Å². The molecule has 0 radical (unpaired) electrons. The Bertz CT molecular complexity index is 1360. The van der Waals surface area contributed by atoms with E-state index >= 15 is 0 Å². The highest BCUT2D eigenvalue weighted by Crippen LogP contribution is 2.35. The number of H-pyrrole nitrogens is 1.